The zero-order chi connectivity index (χ0) is 18.1. The first-order valence-electron chi connectivity index (χ1n) is 7.80. The minimum Gasteiger partial charge on any atom is -0.495 e. The molecule has 8 heteroatoms. The van der Waals surface area contributed by atoms with Gasteiger partial charge in [-0.05, 0) is 24.3 Å². The zero-order valence-corrected chi connectivity index (χ0v) is 15.3. The first-order chi connectivity index (χ1) is 12.7. The summed E-state index contributed by atoms with van der Waals surface area (Å²) < 4.78 is 17.7. The minimum absolute atomic E-state index is 0.662. The van der Waals surface area contributed by atoms with Gasteiger partial charge in [-0.3, -0.25) is 4.98 Å². The molecule has 26 heavy (non-hydrogen) atoms. The van der Waals surface area contributed by atoms with Crippen molar-refractivity contribution in [1.82, 2.24) is 19.6 Å². The maximum atomic E-state index is 5.38. The van der Waals surface area contributed by atoms with Gasteiger partial charge in [0.15, 0.2) is 11.5 Å². The first-order valence-corrected chi connectivity index (χ1v) is 8.61. The Kier molecular flexibility index (Phi) is 4.18. The van der Waals surface area contributed by atoms with Gasteiger partial charge < -0.3 is 14.2 Å². The van der Waals surface area contributed by atoms with E-state index in [2.05, 4.69) is 9.97 Å². The summed E-state index contributed by atoms with van der Waals surface area (Å²) in [4.78, 5) is 9.47. The molecule has 0 spiro atoms. The Morgan fingerprint density at radius 1 is 0.885 bits per heavy atom. The van der Waals surface area contributed by atoms with Gasteiger partial charge in [0.1, 0.15) is 10.8 Å². The van der Waals surface area contributed by atoms with Gasteiger partial charge in [-0.2, -0.15) is 5.10 Å². The second-order valence-corrected chi connectivity index (χ2v) is 6.38. The van der Waals surface area contributed by atoms with E-state index < -0.39 is 0 Å². The number of imidazole rings is 1. The van der Waals surface area contributed by atoms with E-state index in [1.54, 1.807) is 39.9 Å². The second kappa shape index (κ2) is 6.64. The highest BCUT2D eigenvalue weighted by molar-refractivity contribution is 7.19. The van der Waals surface area contributed by atoms with Crippen LogP contribution < -0.4 is 14.2 Å². The molecule has 0 radical (unpaired) electrons. The number of benzene rings is 1. The fourth-order valence-corrected chi connectivity index (χ4v) is 3.52. The predicted octanol–water partition coefficient (Wildman–Crippen LogP) is 3.55. The lowest BCUT2D eigenvalue weighted by atomic mass is 10.2. The summed E-state index contributed by atoms with van der Waals surface area (Å²) in [6, 6.07) is 7.63. The first kappa shape index (κ1) is 16.3. The third-order valence-corrected chi connectivity index (χ3v) is 4.93. The van der Waals surface area contributed by atoms with Crippen molar-refractivity contribution in [3.05, 3.63) is 42.9 Å². The second-order valence-electron chi connectivity index (χ2n) is 5.43. The Hall–Kier alpha value is -3.13. The van der Waals surface area contributed by atoms with Gasteiger partial charge in [0.2, 0.25) is 4.96 Å². The Morgan fingerprint density at radius 3 is 2.50 bits per heavy atom. The average Bonchev–Trinajstić information content (AvgIpc) is 3.28. The molecule has 1 aromatic carbocycles. The predicted molar refractivity (Wildman–Crippen MR) is 99.2 cm³/mol. The van der Waals surface area contributed by atoms with E-state index in [0.29, 0.717) is 17.2 Å². The molecular formula is C18H16N4O3S. The van der Waals surface area contributed by atoms with Gasteiger partial charge in [0.05, 0.1) is 39.4 Å². The number of fused-ring (bicyclic) bond motifs is 1. The summed E-state index contributed by atoms with van der Waals surface area (Å²) in [5.41, 5.74) is 2.68. The number of hydrogen-bond acceptors (Lipinski definition) is 7. The average molecular weight is 368 g/mol. The summed E-state index contributed by atoms with van der Waals surface area (Å²) in [6.07, 6.45) is 5.22. The van der Waals surface area contributed by atoms with Crippen LogP contribution in [0.1, 0.15) is 0 Å². The van der Waals surface area contributed by atoms with Crippen LogP contribution in [0.15, 0.2) is 42.9 Å². The number of pyridine rings is 1. The zero-order valence-electron chi connectivity index (χ0n) is 14.5. The van der Waals surface area contributed by atoms with E-state index in [0.717, 1.165) is 26.8 Å². The van der Waals surface area contributed by atoms with Gasteiger partial charge >= 0.3 is 0 Å². The van der Waals surface area contributed by atoms with Crippen LogP contribution in [0.2, 0.25) is 0 Å². The Morgan fingerprint density at radius 2 is 1.73 bits per heavy atom. The van der Waals surface area contributed by atoms with Crippen LogP contribution in [0.3, 0.4) is 0 Å². The molecule has 0 amide bonds. The number of aromatic nitrogens is 4. The van der Waals surface area contributed by atoms with Gasteiger partial charge in [-0.15, -0.1) is 0 Å². The molecule has 3 heterocycles. The fraction of sp³-hybridized carbons (Fsp3) is 0.167. The highest BCUT2D eigenvalue weighted by Gasteiger charge is 2.15. The SMILES string of the molecule is COc1cncc(-c2cnc3sc(-c4ccc(OC)c(OC)c4)nn23)c1. The largest absolute Gasteiger partial charge is 0.495 e. The summed E-state index contributed by atoms with van der Waals surface area (Å²) in [6.45, 7) is 0. The van der Waals surface area contributed by atoms with Crippen LogP contribution in [0.4, 0.5) is 0 Å². The molecule has 0 saturated heterocycles. The standard InChI is InChI=1S/C18H16N4O3S/c1-23-13-6-12(8-19-9-13)14-10-20-18-22(14)21-17(26-18)11-4-5-15(24-2)16(7-11)25-3/h4-10H,1-3H3. The molecule has 132 valence electrons. The maximum Gasteiger partial charge on any atom is 0.213 e. The Labute approximate surface area is 153 Å². The van der Waals surface area contributed by atoms with Gasteiger partial charge in [0.25, 0.3) is 0 Å². The quantitative estimate of drug-likeness (QED) is 0.537. The Balaban J connectivity index is 1.79. The van der Waals surface area contributed by atoms with Crippen molar-refractivity contribution in [1.29, 1.82) is 0 Å². The molecule has 0 saturated carbocycles. The molecule has 0 aliphatic carbocycles. The third kappa shape index (κ3) is 2.74. The van der Waals surface area contributed by atoms with Crippen molar-refractivity contribution >= 4 is 16.3 Å². The number of hydrogen-bond donors (Lipinski definition) is 0. The highest BCUT2D eigenvalue weighted by Crippen LogP contribution is 2.35. The molecule has 4 aromatic rings. The van der Waals surface area contributed by atoms with E-state index in [-0.39, 0.29) is 0 Å². The smallest absolute Gasteiger partial charge is 0.213 e. The van der Waals surface area contributed by atoms with E-state index in [9.17, 15) is 0 Å². The van der Waals surface area contributed by atoms with Crippen molar-refractivity contribution in [3.63, 3.8) is 0 Å². The van der Waals surface area contributed by atoms with Crippen molar-refractivity contribution in [3.8, 4) is 39.1 Å². The molecular weight excluding hydrogens is 352 g/mol. The fourth-order valence-electron chi connectivity index (χ4n) is 2.65. The van der Waals surface area contributed by atoms with Gasteiger partial charge in [-0.1, -0.05) is 11.3 Å². The van der Waals surface area contributed by atoms with Crippen LogP contribution in [-0.4, -0.2) is 40.9 Å². The summed E-state index contributed by atoms with van der Waals surface area (Å²) in [7, 11) is 4.85. The van der Waals surface area contributed by atoms with Crippen LogP contribution >= 0.6 is 11.3 Å². The molecule has 0 aliphatic heterocycles. The number of ether oxygens (including phenoxy) is 3. The molecule has 0 unspecified atom stereocenters. The van der Waals surface area contributed by atoms with Crippen molar-refractivity contribution in [2.45, 2.75) is 0 Å². The lowest BCUT2D eigenvalue weighted by Gasteiger charge is -2.07. The molecule has 7 nitrogen and oxygen atoms in total. The van der Waals surface area contributed by atoms with Crippen LogP contribution in [0.25, 0.3) is 26.8 Å². The summed E-state index contributed by atoms with van der Waals surface area (Å²) >= 11 is 1.50. The lowest BCUT2D eigenvalue weighted by Crippen LogP contribution is -1.92. The van der Waals surface area contributed by atoms with Crippen molar-refractivity contribution in [2.24, 2.45) is 0 Å². The van der Waals surface area contributed by atoms with Gasteiger partial charge in [0, 0.05) is 17.3 Å². The summed E-state index contributed by atoms with van der Waals surface area (Å²) in [5.74, 6) is 2.03. The van der Waals surface area contributed by atoms with E-state index >= 15 is 0 Å². The van der Waals surface area contributed by atoms with E-state index in [1.165, 1.54) is 11.3 Å². The van der Waals surface area contributed by atoms with E-state index in [4.69, 9.17) is 19.3 Å². The number of rotatable bonds is 5. The molecule has 3 aromatic heterocycles. The molecule has 0 fully saturated rings. The summed E-state index contributed by atoms with van der Waals surface area (Å²) in [5, 5.41) is 5.55. The molecule has 0 N–H and O–H groups in total. The molecule has 0 atom stereocenters. The topological polar surface area (TPSA) is 70.8 Å². The van der Waals surface area contributed by atoms with Crippen molar-refractivity contribution in [2.75, 3.05) is 21.3 Å². The highest BCUT2D eigenvalue weighted by atomic mass is 32.1. The minimum atomic E-state index is 0.662. The molecule has 4 rings (SSSR count). The van der Waals surface area contributed by atoms with E-state index in [1.807, 2.05) is 28.8 Å². The monoisotopic (exact) mass is 368 g/mol. The maximum absolute atomic E-state index is 5.38. The van der Waals surface area contributed by atoms with Crippen LogP contribution in [-0.2, 0) is 0 Å². The molecule has 0 aliphatic rings. The number of nitrogens with zero attached hydrogens (tertiary/aromatic N) is 4. The molecule has 0 bridgehead atoms. The third-order valence-electron chi connectivity index (χ3n) is 3.96. The lowest BCUT2D eigenvalue weighted by molar-refractivity contribution is 0.355. The Bertz CT molecular complexity index is 1070. The van der Waals surface area contributed by atoms with Crippen LogP contribution in [0, 0.1) is 0 Å². The number of methoxy groups -OCH3 is 3. The van der Waals surface area contributed by atoms with Crippen LogP contribution in [0.5, 0.6) is 17.2 Å². The van der Waals surface area contributed by atoms with Gasteiger partial charge in [-0.25, -0.2) is 9.50 Å². The normalized spacial score (nSPS) is 10.9. The van der Waals surface area contributed by atoms with Crippen molar-refractivity contribution < 1.29 is 14.2 Å².